The average Bonchev–Trinajstić information content (AvgIpc) is 3.18. The predicted octanol–water partition coefficient (Wildman–Crippen LogP) is 4.35. The van der Waals surface area contributed by atoms with Crippen LogP contribution in [-0.4, -0.2) is 54.5 Å². The van der Waals surface area contributed by atoms with E-state index in [2.05, 4.69) is 15.3 Å². The highest BCUT2D eigenvalue weighted by Crippen LogP contribution is 2.46. The molecule has 1 heterocycles. The Balaban J connectivity index is 1.63. The molecular weight excluding hydrogens is 469 g/mol. The van der Waals surface area contributed by atoms with Crippen LogP contribution in [0.5, 0.6) is 11.5 Å². The third kappa shape index (κ3) is 4.51. The third-order valence-corrected chi connectivity index (χ3v) is 6.57. The minimum atomic E-state index is -0.692. The second-order valence-corrected chi connectivity index (χ2v) is 8.52. The van der Waals surface area contributed by atoms with Gasteiger partial charge >= 0.3 is 5.97 Å². The van der Waals surface area contributed by atoms with E-state index >= 15 is 0 Å². The molecule has 0 spiro atoms. The number of hydrogen-bond donors (Lipinski definition) is 2. The zero-order valence-corrected chi connectivity index (χ0v) is 19.8. The van der Waals surface area contributed by atoms with Gasteiger partial charge in [-0.1, -0.05) is 29.3 Å². The molecule has 0 bridgehead atoms. The number of carbonyl (C=O) groups excluding carboxylic acids is 1. The first kappa shape index (κ1) is 23.4. The van der Waals surface area contributed by atoms with Gasteiger partial charge in [-0.2, -0.15) is 0 Å². The number of nitrogens with one attached hydrogen (secondary N) is 1. The number of hydrogen-bond acceptors (Lipinski definition) is 8. The van der Waals surface area contributed by atoms with Gasteiger partial charge in [0.1, 0.15) is 11.5 Å². The Morgan fingerprint density at radius 1 is 1.09 bits per heavy atom. The number of methoxy groups -OCH3 is 3. The van der Waals surface area contributed by atoms with E-state index in [4.69, 9.17) is 37.4 Å². The molecular formula is C23H23Cl2N3O5. The minimum Gasteiger partial charge on any atom is -0.495 e. The van der Waals surface area contributed by atoms with E-state index in [0.29, 0.717) is 51.4 Å². The molecule has 3 atom stereocenters. The molecule has 1 aliphatic carbocycles. The van der Waals surface area contributed by atoms with Crippen molar-refractivity contribution in [3.63, 3.8) is 0 Å². The van der Waals surface area contributed by atoms with E-state index in [-0.39, 0.29) is 17.9 Å². The number of carbonyl (C=O) groups is 1. The first-order valence-corrected chi connectivity index (χ1v) is 11.0. The van der Waals surface area contributed by atoms with Crippen molar-refractivity contribution in [2.24, 2.45) is 5.92 Å². The predicted molar refractivity (Wildman–Crippen MR) is 126 cm³/mol. The SMILES string of the molecule is COC(=O)[C@H]1C[C@@H](O)[C@H](Nc2ncc3cc(-c4c(Cl)c(OC)cc(OC)c4Cl)ccc3n2)C1. The van der Waals surface area contributed by atoms with Crippen LogP contribution in [-0.2, 0) is 9.53 Å². The number of aliphatic hydroxyl groups excluding tert-OH is 1. The van der Waals surface area contributed by atoms with Crippen molar-refractivity contribution in [2.45, 2.75) is 25.0 Å². The Hall–Kier alpha value is -2.81. The molecule has 1 aliphatic rings. The van der Waals surface area contributed by atoms with Gasteiger partial charge in [0, 0.05) is 23.2 Å². The molecule has 0 amide bonds. The third-order valence-electron chi connectivity index (χ3n) is 5.82. The Bertz CT molecular complexity index is 1180. The second-order valence-electron chi connectivity index (χ2n) is 7.76. The van der Waals surface area contributed by atoms with Gasteiger partial charge in [0.2, 0.25) is 5.95 Å². The van der Waals surface area contributed by atoms with Crippen LogP contribution < -0.4 is 14.8 Å². The maximum atomic E-state index is 11.8. The molecule has 3 aromatic rings. The highest BCUT2D eigenvalue weighted by molar-refractivity contribution is 6.41. The molecule has 1 saturated carbocycles. The maximum Gasteiger partial charge on any atom is 0.308 e. The van der Waals surface area contributed by atoms with Crippen LogP contribution in [0.25, 0.3) is 22.0 Å². The zero-order valence-electron chi connectivity index (χ0n) is 18.3. The van der Waals surface area contributed by atoms with Crippen LogP contribution in [0.2, 0.25) is 10.0 Å². The number of benzene rings is 2. The molecule has 0 radical (unpaired) electrons. The smallest absolute Gasteiger partial charge is 0.308 e. The Morgan fingerprint density at radius 3 is 2.42 bits per heavy atom. The average molecular weight is 492 g/mol. The van der Waals surface area contributed by atoms with Gasteiger partial charge in [-0.25, -0.2) is 9.97 Å². The number of halogens is 2. The molecule has 0 unspecified atom stereocenters. The summed E-state index contributed by atoms with van der Waals surface area (Å²) < 4.78 is 15.5. The van der Waals surface area contributed by atoms with Gasteiger partial charge in [0.15, 0.2) is 0 Å². The number of esters is 1. The summed E-state index contributed by atoms with van der Waals surface area (Å²) in [5, 5.41) is 15.0. The Morgan fingerprint density at radius 2 is 1.79 bits per heavy atom. The quantitative estimate of drug-likeness (QED) is 0.490. The van der Waals surface area contributed by atoms with Crippen LogP contribution in [0.1, 0.15) is 12.8 Å². The van der Waals surface area contributed by atoms with E-state index in [1.165, 1.54) is 21.3 Å². The Kier molecular flexibility index (Phi) is 6.78. The first-order chi connectivity index (χ1) is 15.9. The second kappa shape index (κ2) is 9.59. The van der Waals surface area contributed by atoms with Crippen LogP contribution in [0.15, 0.2) is 30.5 Å². The van der Waals surface area contributed by atoms with E-state index in [1.807, 2.05) is 18.2 Å². The topological polar surface area (TPSA) is 103 Å². The van der Waals surface area contributed by atoms with Crippen LogP contribution in [0.3, 0.4) is 0 Å². The highest BCUT2D eigenvalue weighted by Gasteiger charge is 2.37. The lowest BCUT2D eigenvalue weighted by atomic mass is 10.0. The fraction of sp³-hybridized carbons (Fsp3) is 0.348. The molecule has 2 aromatic carbocycles. The number of nitrogens with zero attached hydrogens (tertiary/aromatic N) is 2. The highest BCUT2D eigenvalue weighted by atomic mass is 35.5. The molecule has 33 heavy (non-hydrogen) atoms. The lowest BCUT2D eigenvalue weighted by Gasteiger charge is -2.17. The van der Waals surface area contributed by atoms with Crippen LogP contribution >= 0.6 is 23.2 Å². The summed E-state index contributed by atoms with van der Waals surface area (Å²) in [6.45, 7) is 0. The van der Waals surface area contributed by atoms with Crippen molar-refractivity contribution in [3.8, 4) is 22.6 Å². The van der Waals surface area contributed by atoms with E-state index < -0.39 is 6.10 Å². The number of anilines is 1. The van der Waals surface area contributed by atoms with Crippen molar-refractivity contribution in [2.75, 3.05) is 26.6 Å². The molecule has 174 valence electrons. The van der Waals surface area contributed by atoms with Gasteiger partial charge in [-0.3, -0.25) is 4.79 Å². The largest absolute Gasteiger partial charge is 0.495 e. The number of aliphatic hydroxyl groups is 1. The molecule has 10 heteroatoms. The Labute approximate surface area is 200 Å². The minimum absolute atomic E-state index is 0.322. The summed E-state index contributed by atoms with van der Waals surface area (Å²) in [5.74, 6) is 0.592. The lowest BCUT2D eigenvalue weighted by Crippen LogP contribution is -2.28. The fourth-order valence-electron chi connectivity index (χ4n) is 4.09. The van der Waals surface area contributed by atoms with Crippen molar-refractivity contribution < 1.29 is 24.1 Å². The summed E-state index contributed by atoms with van der Waals surface area (Å²) in [6, 6.07) is 6.86. The molecule has 2 N–H and O–H groups in total. The fourth-order valence-corrected chi connectivity index (χ4v) is 4.81. The van der Waals surface area contributed by atoms with Gasteiger partial charge in [0.25, 0.3) is 0 Å². The van der Waals surface area contributed by atoms with E-state index in [9.17, 15) is 9.90 Å². The summed E-state index contributed by atoms with van der Waals surface area (Å²) in [5.41, 5.74) is 2.03. The molecule has 8 nitrogen and oxygen atoms in total. The number of fused-ring (bicyclic) bond motifs is 1. The van der Waals surface area contributed by atoms with Crippen molar-refractivity contribution in [1.29, 1.82) is 0 Å². The van der Waals surface area contributed by atoms with Crippen LogP contribution in [0, 0.1) is 5.92 Å². The van der Waals surface area contributed by atoms with E-state index in [0.717, 1.165) is 10.9 Å². The van der Waals surface area contributed by atoms with Crippen molar-refractivity contribution >= 4 is 46.0 Å². The standard InChI is InChI=1S/C23H23Cl2N3O5/c1-31-17-9-18(32-2)21(25)19(20(17)24)11-4-5-14-13(6-11)10-26-23(27-14)28-15-7-12(8-16(15)29)22(30)33-3/h4-6,9-10,12,15-16,29H,7-8H2,1-3H3,(H,26,27,28)/t12-,15-,16-/m1/s1. The monoisotopic (exact) mass is 491 g/mol. The normalized spacial score (nSPS) is 20.0. The van der Waals surface area contributed by atoms with E-state index in [1.54, 1.807) is 12.3 Å². The molecule has 0 aliphatic heterocycles. The zero-order chi connectivity index (χ0) is 23.7. The molecule has 1 aromatic heterocycles. The van der Waals surface area contributed by atoms with Crippen molar-refractivity contribution in [1.82, 2.24) is 9.97 Å². The number of rotatable bonds is 6. The number of aromatic nitrogens is 2. The maximum absolute atomic E-state index is 11.8. The molecule has 0 saturated heterocycles. The molecule has 4 rings (SSSR count). The summed E-state index contributed by atoms with van der Waals surface area (Å²) >= 11 is 13.1. The van der Waals surface area contributed by atoms with Gasteiger partial charge in [-0.15, -0.1) is 0 Å². The summed E-state index contributed by atoms with van der Waals surface area (Å²) in [7, 11) is 4.39. The van der Waals surface area contributed by atoms with Gasteiger partial charge in [-0.05, 0) is 30.5 Å². The van der Waals surface area contributed by atoms with Gasteiger partial charge in [0.05, 0.1) is 55.0 Å². The number of ether oxygens (including phenoxy) is 3. The molecule has 1 fully saturated rings. The first-order valence-electron chi connectivity index (χ1n) is 10.3. The van der Waals surface area contributed by atoms with Gasteiger partial charge < -0.3 is 24.6 Å². The summed E-state index contributed by atoms with van der Waals surface area (Å²) in [4.78, 5) is 20.7. The van der Waals surface area contributed by atoms with Crippen LogP contribution in [0.4, 0.5) is 5.95 Å². The van der Waals surface area contributed by atoms with Crippen molar-refractivity contribution in [3.05, 3.63) is 40.5 Å². The lowest BCUT2D eigenvalue weighted by molar-refractivity contribution is -0.145. The summed E-state index contributed by atoms with van der Waals surface area (Å²) in [6.07, 6.45) is 1.77.